The molecule has 102 valence electrons. The molecular formula is C15H14ClN3O. The third-order valence-corrected chi connectivity index (χ3v) is 3.11. The van der Waals surface area contributed by atoms with Crippen LogP contribution in [0.2, 0.25) is 5.02 Å². The molecule has 0 unspecified atom stereocenters. The first kappa shape index (κ1) is 14.0. The van der Waals surface area contributed by atoms with Crippen molar-refractivity contribution in [3.63, 3.8) is 0 Å². The van der Waals surface area contributed by atoms with Gasteiger partial charge in [0.25, 0.3) is 0 Å². The van der Waals surface area contributed by atoms with E-state index < -0.39 is 0 Å². The number of benzene rings is 2. The van der Waals surface area contributed by atoms with Gasteiger partial charge in [-0.25, -0.2) is 0 Å². The standard InChI is InChI=1S/C15H14ClN3O/c1-20-15-5-3-13(18)7-11(15)9-19-14-4-2-12(16)6-10(14)8-17/h2-7,19H,9,18H2,1H3. The van der Waals surface area contributed by atoms with Gasteiger partial charge in [0, 0.05) is 22.8 Å². The number of nitrogens with zero attached hydrogens (tertiary/aromatic N) is 1. The number of rotatable bonds is 4. The van der Waals surface area contributed by atoms with Crippen LogP contribution in [0.25, 0.3) is 0 Å². The lowest BCUT2D eigenvalue weighted by Gasteiger charge is -2.12. The largest absolute Gasteiger partial charge is 0.496 e. The number of nitrogens with two attached hydrogens (primary N) is 1. The number of hydrogen-bond acceptors (Lipinski definition) is 4. The maximum Gasteiger partial charge on any atom is 0.123 e. The Morgan fingerprint density at radius 3 is 2.80 bits per heavy atom. The molecule has 0 saturated heterocycles. The van der Waals surface area contributed by atoms with Crippen molar-refractivity contribution in [1.29, 1.82) is 5.26 Å². The second-order valence-electron chi connectivity index (χ2n) is 4.23. The van der Waals surface area contributed by atoms with Crippen LogP contribution in [0, 0.1) is 11.3 Å². The van der Waals surface area contributed by atoms with Gasteiger partial charge < -0.3 is 15.8 Å². The van der Waals surface area contributed by atoms with E-state index in [0.29, 0.717) is 22.8 Å². The highest BCUT2D eigenvalue weighted by Gasteiger charge is 2.06. The van der Waals surface area contributed by atoms with Gasteiger partial charge in [0.1, 0.15) is 11.8 Å². The second kappa shape index (κ2) is 6.18. The lowest BCUT2D eigenvalue weighted by Crippen LogP contribution is -2.04. The molecule has 0 fully saturated rings. The van der Waals surface area contributed by atoms with Gasteiger partial charge in [-0.05, 0) is 36.4 Å². The van der Waals surface area contributed by atoms with E-state index in [2.05, 4.69) is 11.4 Å². The predicted octanol–water partition coefficient (Wildman–Crippen LogP) is 3.41. The van der Waals surface area contributed by atoms with Crippen LogP contribution in [-0.4, -0.2) is 7.11 Å². The fraction of sp³-hybridized carbons (Fsp3) is 0.133. The summed E-state index contributed by atoms with van der Waals surface area (Å²) in [6.07, 6.45) is 0. The molecule has 0 aliphatic carbocycles. The molecule has 0 saturated carbocycles. The molecule has 0 aliphatic heterocycles. The van der Waals surface area contributed by atoms with Crippen LogP contribution in [0.4, 0.5) is 11.4 Å². The summed E-state index contributed by atoms with van der Waals surface area (Å²) in [5.41, 5.74) is 8.59. The van der Waals surface area contributed by atoms with E-state index in [-0.39, 0.29) is 0 Å². The molecule has 2 aromatic rings. The van der Waals surface area contributed by atoms with Crippen molar-refractivity contribution in [3.8, 4) is 11.8 Å². The monoisotopic (exact) mass is 287 g/mol. The van der Waals surface area contributed by atoms with Crippen LogP contribution < -0.4 is 15.8 Å². The van der Waals surface area contributed by atoms with E-state index in [1.807, 2.05) is 12.1 Å². The van der Waals surface area contributed by atoms with Crippen molar-refractivity contribution in [2.45, 2.75) is 6.54 Å². The molecular weight excluding hydrogens is 274 g/mol. The average molecular weight is 288 g/mol. The summed E-state index contributed by atoms with van der Waals surface area (Å²) in [6, 6.07) is 12.7. The summed E-state index contributed by atoms with van der Waals surface area (Å²) in [5.74, 6) is 0.749. The van der Waals surface area contributed by atoms with Crippen LogP contribution in [0.1, 0.15) is 11.1 Å². The van der Waals surface area contributed by atoms with Crippen LogP contribution >= 0.6 is 11.6 Å². The number of nitriles is 1. The summed E-state index contributed by atoms with van der Waals surface area (Å²) in [6.45, 7) is 0.504. The quantitative estimate of drug-likeness (QED) is 0.845. The van der Waals surface area contributed by atoms with Gasteiger partial charge in [-0.3, -0.25) is 0 Å². The minimum absolute atomic E-state index is 0.500. The first-order chi connectivity index (χ1) is 9.63. The van der Waals surface area contributed by atoms with Gasteiger partial charge in [-0.1, -0.05) is 11.6 Å². The maximum atomic E-state index is 9.09. The molecule has 3 N–H and O–H groups in total. The highest BCUT2D eigenvalue weighted by atomic mass is 35.5. The predicted molar refractivity (Wildman–Crippen MR) is 80.9 cm³/mol. The van der Waals surface area contributed by atoms with Crippen molar-refractivity contribution in [2.24, 2.45) is 0 Å². The van der Waals surface area contributed by atoms with Crippen LogP contribution in [0.3, 0.4) is 0 Å². The van der Waals surface area contributed by atoms with Gasteiger partial charge in [0.2, 0.25) is 0 Å². The fourth-order valence-electron chi connectivity index (χ4n) is 1.89. The zero-order valence-corrected chi connectivity index (χ0v) is 11.7. The molecule has 4 nitrogen and oxygen atoms in total. The van der Waals surface area contributed by atoms with Crippen LogP contribution in [0.15, 0.2) is 36.4 Å². The number of hydrogen-bond donors (Lipinski definition) is 2. The van der Waals surface area contributed by atoms with Gasteiger partial charge in [-0.15, -0.1) is 0 Å². The fourth-order valence-corrected chi connectivity index (χ4v) is 2.06. The van der Waals surface area contributed by atoms with E-state index in [4.69, 9.17) is 27.3 Å². The van der Waals surface area contributed by atoms with E-state index in [0.717, 1.165) is 17.0 Å². The van der Waals surface area contributed by atoms with E-state index in [1.165, 1.54) is 0 Å². The van der Waals surface area contributed by atoms with Gasteiger partial charge >= 0.3 is 0 Å². The van der Waals surface area contributed by atoms with Gasteiger partial charge in [0.15, 0.2) is 0 Å². The number of ether oxygens (including phenoxy) is 1. The molecule has 5 heteroatoms. The summed E-state index contributed by atoms with van der Waals surface area (Å²) >= 11 is 5.87. The number of nitrogens with one attached hydrogen (secondary N) is 1. The molecule has 0 amide bonds. The molecule has 0 radical (unpaired) electrons. The Morgan fingerprint density at radius 1 is 1.30 bits per heavy atom. The van der Waals surface area contributed by atoms with E-state index >= 15 is 0 Å². The second-order valence-corrected chi connectivity index (χ2v) is 4.66. The van der Waals surface area contributed by atoms with Crippen molar-refractivity contribution in [1.82, 2.24) is 0 Å². The molecule has 20 heavy (non-hydrogen) atoms. The third-order valence-electron chi connectivity index (χ3n) is 2.88. The molecule has 0 heterocycles. The smallest absolute Gasteiger partial charge is 0.123 e. The Bertz CT molecular complexity index is 665. The molecule has 2 rings (SSSR count). The highest BCUT2D eigenvalue weighted by molar-refractivity contribution is 6.30. The van der Waals surface area contributed by atoms with E-state index in [9.17, 15) is 0 Å². The topological polar surface area (TPSA) is 71.1 Å². The summed E-state index contributed by atoms with van der Waals surface area (Å²) in [7, 11) is 1.61. The first-order valence-electron chi connectivity index (χ1n) is 6.00. The zero-order chi connectivity index (χ0) is 14.5. The Kier molecular flexibility index (Phi) is 4.34. The Morgan fingerprint density at radius 2 is 2.10 bits per heavy atom. The SMILES string of the molecule is COc1ccc(N)cc1CNc1ccc(Cl)cc1C#N. The number of nitrogen functional groups attached to an aromatic ring is 1. The number of anilines is 2. The molecule has 0 atom stereocenters. The van der Waals surface area contributed by atoms with Crippen molar-refractivity contribution >= 4 is 23.0 Å². The Balaban J connectivity index is 2.21. The average Bonchev–Trinajstić information content (AvgIpc) is 2.46. The van der Waals surface area contributed by atoms with Gasteiger partial charge in [-0.2, -0.15) is 5.26 Å². The molecule has 2 aromatic carbocycles. The Labute approximate surface area is 122 Å². The molecule has 0 aromatic heterocycles. The van der Waals surface area contributed by atoms with Crippen molar-refractivity contribution in [3.05, 3.63) is 52.5 Å². The molecule has 0 aliphatic rings. The van der Waals surface area contributed by atoms with Crippen molar-refractivity contribution < 1.29 is 4.74 Å². The van der Waals surface area contributed by atoms with E-state index in [1.54, 1.807) is 31.4 Å². The number of halogens is 1. The normalized spacial score (nSPS) is 9.85. The summed E-state index contributed by atoms with van der Waals surface area (Å²) in [5, 5.41) is 12.8. The lowest BCUT2D eigenvalue weighted by atomic mass is 10.1. The number of methoxy groups -OCH3 is 1. The Hall–Kier alpha value is -2.38. The van der Waals surface area contributed by atoms with Crippen LogP contribution in [0.5, 0.6) is 5.75 Å². The molecule has 0 spiro atoms. The van der Waals surface area contributed by atoms with Gasteiger partial charge in [0.05, 0.1) is 18.4 Å². The minimum Gasteiger partial charge on any atom is -0.496 e. The van der Waals surface area contributed by atoms with Crippen LogP contribution in [-0.2, 0) is 6.54 Å². The summed E-state index contributed by atoms with van der Waals surface area (Å²) in [4.78, 5) is 0. The first-order valence-corrected chi connectivity index (χ1v) is 6.37. The highest BCUT2D eigenvalue weighted by Crippen LogP contribution is 2.24. The van der Waals surface area contributed by atoms with Crippen molar-refractivity contribution in [2.75, 3.05) is 18.2 Å². The molecule has 0 bridgehead atoms. The minimum atomic E-state index is 0.500. The lowest BCUT2D eigenvalue weighted by molar-refractivity contribution is 0.410. The maximum absolute atomic E-state index is 9.09. The zero-order valence-electron chi connectivity index (χ0n) is 11.0. The third kappa shape index (κ3) is 3.14. The summed E-state index contributed by atoms with van der Waals surface area (Å²) < 4.78 is 5.28.